The molecule has 0 unspecified atom stereocenters. The second-order valence-electron chi connectivity index (χ2n) is 8.13. The number of carbonyl (C=O) groups excluding carboxylic acids is 1. The first-order valence-corrected chi connectivity index (χ1v) is 10.4. The third-order valence-electron chi connectivity index (χ3n) is 6.10. The minimum absolute atomic E-state index is 0.0384. The molecule has 3 N–H and O–H groups in total. The summed E-state index contributed by atoms with van der Waals surface area (Å²) >= 11 is 0. The molecule has 3 aromatic rings. The number of likely N-dealkylation sites (tertiary alicyclic amines) is 1. The number of nitrogens with one attached hydrogen (secondary N) is 1. The van der Waals surface area contributed by atoms with E-state index in [1.54, 1.807) is 12.1 Å². The van der Waals surface area contributed by atoms with Crippen LogP contribution in [0.5, 0.6) is 0 Å². The highest BCUT2D eigenvalue weighted by Gasteiger charge is 2.26. The van der Waals surface area contributed by atoms with Gasteiger partial charge >= 0.3 is 5.69 Å². The molecule has 2 aromatic carbocycles. The Balaban J connectivity index is 1.41. The van der Waals surface area contributed by atoms with Gasteiger partial charge in [-0.2, -0.15) is 0 Å². The molecule has 1 fully saturated rings. The van der Waals surface area contributed by atoms with Crippen LogP contribution in [0.25, 0.3) is 10.9 Å². The highest BCUT2D eigenvalue weighted by atomic mass is 19.1. The lowest BCUT2D eigenvalue weighted by molar-refractivity contribution is 0.0837. The second-order valence-corrected chi connectivity index (χ2v) is 8.13. The number of piperidine rings is 1. The van der Waals surface area contributed by atoms with Crippen LogP contribution in [-0.4, -0.2) is 39.9 Å². The van der Waals surface area contributed by atoms with E-state index in [2.05, 4.69) is 9.88 Å². The molecule has 8 heteroatoms. The number of nitrogens with two attached hydrogens (primary N) is 1. The van der Waals surface area contributed by atoms with E-state index >= 15 is 0 Å². The number of hydrogen-bond acceptors (Lipinski definition) is 5. The predicted molar refractivity (Wildman–Crippen MR) is 118 cm³/mol. The SMILES string of the molecule is Cc1cc2c(=O)n(CCN3CCC(C(=O)c4ccc(F)cc4)CC3)c(=O)[nH]c2cc1N. The molecule has 0 saturated carbocycles. The highest BCUT2D eigenvalue weighted by Crippen LogP contribution is 2.22. The third kappa shape index (κ3) is 4.29. The number of aromatic amines is 1. The average Bonchev–Trinajstić information content (AvgIpc) is 2.76. The lowest BCUT2D eigenvalue weighted by atomic mass is 9.89. The summed E-state index contributed by atoms with van der Waals surface area (Å²) in [5, 5.41) is 0.440. The summed E-state index contributed by atoms with van der Waals surface area (Å²) in [6, 6.07) is 8.97. The van der Waals surface area contributed by atoms with E-state index in [-0.39, 0.29) is 29.6 Å². The van der Waals surface area contributed by atoms with Crippen molar-refractivity contribution >= 4 is 22.4 Å². The van der Waals surface area contributed by atoms with E-state index in [1.165, 1.54) is 28.8 Å². The number of rotatable bonds is 5. The normalized spacial score (nSPS) is 15.4. The van der Waals surface area contributed by atoms with Crippen LogP contribution in [0, 0.1) is 18.7 Å². The van der Waals surface area contributed by atoms with Crippen molar-refractivity contribution in [1.29, 1.82) is 0 Å². The van der Waals surface area contributed by atoms with Gasteiger partial charge in [-0.15, -0.1) is 0 Å². The molecular formula is C23H25FN4O3. The zero-order valence-electron chi connectivity index (χ0n) is 17.4. The fraction of sp³-hybridized carbons (Fsp3) is 0.348. The van der Waals surface area contributed by atoms with Gasteiger partial charge in [0.05, 0.1) is 10.9 Å². The van der Waals surface area contributed by atoms with Gasteiger partial charge < -0.3 is 15.6 Å². The van der Waals surface area contributed by atoms with Crippen molar-refractivity contribution in [2.24, 2.45) is 5.92 Å². The maximum Gasteiger partial charge on any atom is 0.328 e. The molecule has 4 rings (SSSR count). The van der Waals surface area contributed by atoms with Crippen LogP contribution >= 0.6 is 0 Å². The van der Waals surface area contributed by atoms with E-state index in [4.69, 9.17) is 5.73 Å². The van der Waals surface area contributed by atoms with Crippen molar-refractivity contribution in [3.05, 3.63) is 74.2 Å². The van der Waals surface area contributed by atoms with Crippen molar-refractivity contribution in [3.8, 4) is 0 Å². The van der Waals surface area contributed by atoms with Crippen LogP contribution in [0.15, 0.2) is 46.0 Å². The molecule has 7 nitrogen and oxygen atoms in total. The number of Topliss-reactive ketones (excluding diaryl/α,β-unsaturated/α-hetero) is 1. The number of nitrogen functional groups attached to an aromatic ring is 1. The van der Waals surface area contributed by atoms with Crippen LogP contribution in [0.3, 0.4) is 0 Å². The van der Waals surface area contributed by atoms with E-state index in [0.717, 1.165) is 5.56 Å². The topological polar surface area (TPSA) is 101 Å². The zero-order valence-corrected chi connectivity index (χ0v) is 17.4. The number of carbonyl (C=O) groups is 1. The Morgan fingerprint density at radius 2 is 1.81 bits per heavy atom. The van der Waals surface area contributed by atoms with Gasteiger partial charge in [0.15, 0.2) is 5.78 Å². The number of aromatic nitrogens is 2. The summed E-state index contributed by atoms with van der Waals surface area (Å²) in [6.45, 7) is 4.03. The van der Waals surface area contributed by atoms with E-state index < -0.39 is 5.69 Å². The molecule has 1 aliphatic heterocycles. The fourth-order valence-corrected chi connectivity index (χ4v) is 4.14. The van der Waals surface area contributed by atoms with Crippen molar-refractivity contribution in [3.63, 3.8) is 0 Å². The summed E-state index contributed by atoms with van der Waals surface area (Å²) in [5.74, 6) is -0.414. The number of hydrogen-bond donors (Lipinski definition) is 2. The van der Waals surface area contributed by atoms with E-state index in [0.29, 0.717) is 54.6 Å². The molecule has 1 saturated heterocycles. The molecule has 0 aliphatic carbocycles. The molecule has 0 atom stereocenters. The molecule has 0 spiro atoms. The van der Waals surface area contributed by atoms with Crippen molar-refractivity contribution in [1.82, 2.24) is 14.5 Å². The zero-order chi connectivity index (χ0) is 22.1. The summed E-state index contributed by atoms with van der Waals surface area (Å²) in [5.41, 5.74) is 7.38. The Morgan fingerprint density at radius 3 is 2.48 bits per heavy atom. The van der Waals surface area contributed by atoms with Gasteiger partial charge in [0.1, 0.15) is 5.82 Å². The van der Waals surface area contributed by atoms with Gasteiger partial charge in [0, 0.05) is 30.3 Å². The average molecular weight is 424 g/mol. The minimum Gasteiger partial charge on any atom is -0.398 e. The van der Waals surface area contributed by atoms with Gasteiger partial charge in [-0.3, -0.25) is 14.2 Å². The predicted octanol–water partition coefficient (Wildman–Crippen LogP) is 2.31. The smallest absolute Gasteiger partial charge is 0.328 e. The summed E-state index contributed by atoms with van der Waals surface area (Å²) in [6.07, 6.45) is 1.38. The molecular weight excluding hydrogens is 399 g/mol. The van der Waals surface area contributed by atoms with Crippen LogP contribution in [0.2, 0.25) is 0 Å². The summed E-state index contributed by atoms with van der Waals surface area (Å²) in [4.78, 5) is 42.8. The lowest BCUT2D eigenvalue weighted by Gasteiger charge is -2.31. The molecule has 162 valence electrons. The number of fused-ring (bicyclic) bond motifs is 1. The van der Waals surface area contributed by atoms with Gasteiger partial charge in [0.25, 0.3) is 5.56 Å². The first-order valence-electron chi connectivity index (χ1n) is 10.4. The number of halogens is 1. The molecule has 31 heavy (non-hydrogen) atoms. The highest BCUT2D eigenvalue weighted by molar-refractivity contribution is 5.97. The van der Waals surface area contributed by atoms with Crippen molar-refractivity contribution in [2.45, 2.75) is 26.3 Å². The van der Waals surface area contributed by atoms with Gasteiger partial charge in [0.2, 0.25) is 0 Å². The summed E-state index contributed by atoms with van der Waals surface area (Å²) < 4.78 is 14.3. The first-order chi connectivity index (χ1) is 14.8. The molecule has 0 bridgehead atoms. The van der Waals surface area contributed by atoms with Crippen LogP contribution in [0.1, 0.15) is 28.8 Å². The van der Waals surface area contributed by atoms with Gasteiger partial charge in [-0.1, -0.05) is 0 Å². The third-order valence-corrected chi connectivity index (χ3v) is 6.10. The Kier molecular flexibility index (Phi) is 5.73. The number of aryl methyl sites for hydroxylation is 1. The van der Waals surface area contributed by atoms with Crippen LogP contribution in [-0.2, 0) is 6.54 Å². The molecule has 0 radical (unpaired) electrons. The lowest BCUT2D eigenvalue weighted by Crippen LogP contribution is -2.42. The van der Waals surface area contributed by atoms with E-state index in [9.17, 15) is 18.8 Å². The van der Waals surface area contributed by atoms with Crippen molar-refractivity contribution < 1.29 is 9.18 Å². The monoisotopic (exact) mass is 424 g/mol. The van der Waals surface area contributed by atoms with Gasteiger partial charge in [-0.25, -0.2) is 9.18 Å². The second kappa shape index (κ2) is 8.47. The quantitative estimate of drug-likeness (QED) is 0.484. The van der Waals surface area contributed by atoms with Crippen LogP contribution < -0.4 is 17.0 Å². The Bertz CT molecular complexity index is 1240. The Labute approximate surface area is 178 Å². The number of nitrogens with zero attached hydrogens (tertiary/aromatic N) is 2. The molecule has 0 amide bonds. The van der Waals surface area contributed by atoms with Crippen LogP contribution in [0.4, 0.5) is 10.1 Å². The molecule has 2 heterocycles. The molecule has 1 aliphatic rings. The number of anilines is 1. The van der Waals surface area contributed by atoms with Crippen molar-refractivity contribution in [2.75, 3.05) is 25.4 Å². The Hall–Kier alpha value is -3.26. The molecule has 1 aromatic heterocycles. The Morgan fingerprint density at radius 1 is 1.13 bits per heavy atom. The number of ketones is 1. The number of benzene rings is 2. The van der Waals surface area contributed by atoms with E-state index in [1.807, 2.05) is 6.92 Å². The maximum absolute atomic E-state index is 13.1. The maximum atomic E-state index is 13.1. The van der Waals surface area contributed by atoms with Gasteiger partial charge in [-0.05, 0) is 74.8 Å². The number of H-pyrrole nitrogens is 1. The standard InChI is InChI=1S/C23H25FN4O3/c1-14-12-18-20(13-19(14)25)26-23(31)28(22(18)30)11-10-27-8-6-16(7-9-27)21(29)15-2-4-17(24)5-3-15/h2-5,12-13,16H,6-11,25H2,1H3,(H,26,31). The largest absolute Gasteiger partial charge is 0.398 e. The minimum atomic E-state index is -0.456. The summed E-state index contributed by atoms with van der Waals surface area (Å²) in [7, 11) is 0. The first kappa shape index (κ1) is 21.0. The fourth-order valence-electron chi connectivity index (χ4n) is 4.14.